The summed E-state index contributed by atoms with van der Waals surface area (Å²) >= 11 is 1.73. The Labute approximate surface area is 185 Å². The van der Waals surface area contributed by atoms with Crippen LogP contribution in [0, 0.1) is 13.8 Å². The van der Waals surface area contributed by atoms with Gasteiger partial charge in [0.1, 0.15) is 11.5 Å². The molecule has 0 radical (unpaired) electrons. The van der Waals surface area contributed by atoms with E-state index in [4.69, 9.17) is 14.4 Å². The average Bonchev–Trinajstić information content (AvgIpc) is 3.35. The topological polar surface area (TPSA) is 56.7 Å². The van der Waals surface area contributed by atoms with Gasteiger partial charge in [0, 0.05) is 17.5 Å². The fourth-order valence-electron chi connectivity index (χ4n) is 3.47. The summed E-state index contributed by atoms with van der Waals surface area (Å²) < 4.78 is 8.16. The molecule has 0 aliphatic rings. The number of pyridine rings is 1. The lowest BCUT2D eigenvalue weighted by Gasteiger charge is -2.08. The summed E-state index contributed by atoms with van der Waals surface area (Å²) in [5.41, 5.74) is 6.35. The van der Waals surface area contributed by atoms with Crippen LogP contribution in [0.3, 0.4) is 0 Å². The summed E-state index contributed by atoms with van der Waals surface area (Å²) in [7, 11) is 0. The summed E-state index contributed by atoms with van der Waals surface area (Å²) in [4.78, 5) is 14.0. The minimum absolute atomic E-state index is 0.584. The zero-order valence-corrected chi connectivity index (χ0v) is 18.3. The standard InChI is InChI=1S/C25H22N4OS/c1-17-8-10-19(11-9-17)16-31-25-28-21-12-13-26-14-23(21)29(25)15-22-18(2)30-24(27-22)20-6-4-3-5-7-20/h3-14H,15-16H2,1-2H3. The van der Waals surface area contributed by atoms with E-state index in [1.54, 1.807) is 18.0 Å². The Balaban J connectivity index is 1.47. The molecule has 0 saturated carbocycles. The molecule has 0 N–H and O–H groups in total. The summed E-state index contributed by atoms with van der Waals surface area (Å²) in [6, 6.07) is 20.6. The Bertz CT molecular complexity index is 1320. The number of benzene rings is 2. The Morgan fingerprint density at radius 3 is 2.55 bits per heavy atom. The van der Waals surface area contributed by atoms with Crippen molar-refractivity contribution in [2.45, 2.75) is 31.3 Å². The summed E-state index contributed by atoms with van der Waals surface area (Å²) in [5, 5.41) is 0.951. The van der Waals surface area contributed by atoms with Gasteiger partial charge in [0.2, 0.25) is 5.89 Å². The van der Waals surface area contributed by atoms with E-state index in [0.717, 1.165) is 39.0 Å². The van der Waals surface area contributed by atoms with Gasteiger partial charge in [-0.1, -0.05) is 59.8 Å². The molecule has 5 nitrogen and oxygen atoms in total. The van der Waals surface area contributed by atoms with E-state index >= 15 is 0 Å². The van der Waals surface area contributed by atoms with Crippen LogP contribution in [0.15, 0.2) is 82.6 Å². The third-order valence-electron chi connectivity index (χ3n) is 5.23. The molecule has 3 aromatic heterocycles. The van der Waals surface area contributed by atoms with Crippen molar-refractivity contribution in [2.75, 3.05) is 0 Å². The van der Waals surface area contributed by atoms with Crippen LogP contribution >= 0.6 is 11.8 Å². The number of hydrogen-bond donors (Lipinski definition) is 0. The van der Waals surface area contributed by atoms with Gasteiger partial charge >= 0.3 is 0 Å². The molecule has 0 spiro atoms. The van der Waals surface area contributed by atoms with Crippen LogP contribution in [-0.2, 0) is 12.3 Å². The van der Waals surface area contributed by atoms with Gasteiger partial charge in [-0.2, -0.15) is 0 Å². The van der Waals surface area contributed by atoms with Crippen LogP contribution in [0.25, 0.3) is 22.5 Å². The number of imidazole rings is 1. The quantitative estimate of drug-likeness (QED) is 0.310. The predicted molar refractivity (Wildman–Crippen MR) is 124 cm³/mol. The van der Waals surface area contributed by atoms with Crippen molar-refractivity contribution in [1.82, 2.24) is 19.5 Å². The van der Waals surface area contributed by atoms with E-state index in [0.29, 0.717) is 12.4 Å². The maximum absolute atomic E-state index is 5.97. The summed E-state index contributed by atoms with van der Waals surface area (Å²) in [6.45, 7) is 4.65. The third-order valence-corrected chi connectivity index (χ3v) is 6.27. The lowest BCUT2D eigenvalue weighted by molar-refractivity contribution is 0.537. The zero-order chi connectivity index (χ0) is 21.2. The molecule has 0 bridgehead atoms. The summed E-state index contributed by atoms with van der Waals surface area (Å²) in [6.07, 6.45) is 3.65. The van der Waals surface area contributed by atoms with Crippen molar-refractivity contribution in [3.8, 4) is 11.5 Å². The average molecular weight is 427 g/mol. The SMILES string of the molecule is Cc1ccc(CSc2nc3ccncc3n2Cc2nc(-c3ccccc3)oc2C)cc1. The van der Waals surface area contributed by atoms with Gasteiger partial charge in [0.25, 0.3) is 0 Å². The molecule has 5 rings (SSSR count). The Morgan fingerprint density at radius 1 is 0.935 bits per heavy atom. The molecular weight excluding hydrogens is 404 g/mol. The van der Waals surface area contributed by atoms with E-state index in [1.165, 1.54) is 11.1 Å². The van der Waals surface area contributed by atoms with Gasteiger partial charge in [-0.3, -0.25) is 4.98 Å². The number of aryl methyl sites for hydroxylation is 2. The number of thioether (sulfide) groups is 1. The highest BCUT2D eigenvalue weighted by molar-refractivity contribution is 7.98. The van der Waals surface area contributed by atoms with Crippen molar-refractivity contribution in [2.24, 2.45) is 0 Å². The van der Waals surface area contributed by atoms with Crippen molar-refractivity contribution in [1.29, 1.82) is 0 Å². The molecule has 2 aromatic carbocycles. The fraction of sp³-hybridized carbons (Fsp3) is 0.160. The van der Waals surface area contributed by atoms with Crippen molar-refractivity contribution in [3.63, 3.8) is 0 Å². The molecular formula is C25H22N4OS. The highest BCUT2D eigenvalue weighted by Gasteiger charge is 2.17. The molecule has 0 amide bonds. The largest absolute Gasteiger partial charge is 0.441 e. The van der Waals surface area contributed by atoms with E-state index in [1.807, 2.05) is 49.5 Å². The van der Waals surface area contributed by atoms with Gasteiger partial charge < -0.3 is 8.98 Å². The second-order valence-corrected chi connectivity index (χ2v) is 8.45. The summed E-state index contributed by atoms with van der Waals surface area (Å²) in [5.74, 6) is 2.31. The second-order valence-electron chi connectivity index (χ2n) is 7.51. The Kier molecular flexibility index (Phi) is 5.30. The first-order chi connectivity index (χ1) is 15.2. The number of nitrogens with zero attached hydrogens (tertiary/aromatic N) is 4. The number of rotatable bonds is 6. The van der Waals surface area contributed by atoms with Crippen molar-refractivity contribution >= 4 is 22.8 Å². The normalized spacial score (nSPS) is 11.3. The first-order valence-electron chi connectivity index (χ1n) is 10.2. The van der Waals surface area contributed by atoms with Crippen LogP contribution in [0.5, 0.6) is 0 Å². The monoisotopic (exact) mass is 426 g/mol. The van der Waals surface area contributed by atoms with Gasteiger partial charge in [-0.15, -0.1) is 0 Å². The Morgan fingerprint density at radius 2 is 1.74 bits per heavy atom. The number of aromatic nitrogens is 4. The molecule has 6 heteroatoms. The molecule has 0 aliphatic carbocycles. The maximum atomic E-state index is 5.97. The Hall–Kier alpha value is -3.38. The fourth-order valence-corrected chi connectivity index (χ4v) is 4.44. The van der Waals surface area contributed by atoms with E-state index in [-0.39, 0.29) is 0 Å². The van der Waals surface area contributed by atoms with Gasteiger partial charge in [0.05, 0.1) is 23.8 Å². The minimum Gasteiger partial charge on any atom is -0.441 e. The van der Waals surface area contributed by atoms with Crippen LogP contribution < -0.4 is 0 Å². The predicted octanol–water partition coefficient (Wildman–Crippen LogP) is 6.04. The molecule has 154 valence electrons. The van der Waals surface area contributed by atoms with Crippen LogP contribution in [0.1, 0.15) is 22.6 Å². The van der Waals surface area contributed by atoms with E-state index in [9.17, 15) is 0 Å². The number of oxazole rings is 1. The minimum atomic E-state index is 0.584. The number of hydrogen-bond acceptors (Lipinski definition) is 5. The van der Waals surface area contributed by atoms with Gasteiger partial charge in [0.15, 0.2) is 5.16 Å². The first-order valence-corrected chi connectivity index (χ1v) is 11.2. The highest BCUT2D eigenvalue weighted by atomic mass is 32.2. The second kappa shape index (κ2) is 8.40. The molecule has 3 heterocycles. The van der Waals surface area contributed by atoms with E-state index in [2.05, 4.69) is 40.7 Å². The third kappa shape index (κ3) is 4.11. The van der Waals surface area contributed by atoms with Crippen LogP contribution in [0.2, 0.25) is 0 Å². The van der Waals surface area contributed by atoms with Crippen molar-refractivity contribution < 1.29 is 4.42 Å². The first kappa shape index (κ1) is 19.6. The molecule has 0 aliphatic heterocycles. The molecule has 0 fully saturated rings. The van der Waals surface area contributed by atoms with E-state index < -0.39 is 0 Å². The molecule has 5 aromatic rings. The smallest absolute Gasteiger partial charge is 0.226 e. The molecule has 31 heavy (non-hydrogen) atoms. The van der Waals surface area contributed by atoms with Gasteiger partial charge in [-0.05, 0) is 37.6 Å². The molecule has 0 saturated heterocycles. The number of fused-ring (bicyclic) bond motifs is 1. The van der Waals surface area contributed by atoms with Crippen molar-refractivity contribution in [3.05, 3.63) is 95.6 Å². The maximum Gasteiger partial charge on any atom is 0.226 e. The lowest BCUT2D eigenvalue weighted by atomic mass is 10.2. The lowest BCUT2D eigenvalue weighted by Crippen LogP contribution is -2.03. The zero-order valence-electron chi connectivity index (χ0n) is 17.4. The van der Waals surface area contributed by atoms with Crippen LogP contribution in [0.4, 0.5) is 0 Å². The molecule has 0 atom stereocenters. The van der Waals surface area contributed by atoms with Crippen LogP contribution in [-0.4, -0.2) is 19.5 Å². The highest BCUT2D eigenvalue weighted by Crippen LogP contribution is 2.29. The van der Waals surface area contributed by atoms with Gasteiger partial charge in [-0.25, -0.2) is 9.97 Å². The molecule has 0 unspecified atom stereocenters.